The van der Waals surface area contributed by atoms with Gasteiger partial charge in [0.1, 0.15) is 17.4 Å². The van der Waals surface area contributed by atoms with Crippen LogP contribution in [-0.4, -0.2) is 13.3 Å². The van der Waals surface area contributed by atoms with Crippen molar-refractivity contribution in [2.75, 3.05) is 7.11 Å². The van der Waals surface area contributed by atoms with Crippen LogP contribution >= 0.6 is 0 Å². The maximum Gasteiger partial charge on any atom is 0.390 e. The molecule has 1 rings (SSSR count). The molecule has 1 aromatic rings. The molecule has 96 valence electrons. The molecule has 1 atom stereocenters. The van der Waals surface area contributed by atoms with E-state index < -0.39 is 35.8 Å². The van der Waals surface area contributed by atoms with Crippen LogP contribution < -0.4 is 10.5 Å². The molecule has 2 nitrogen and oxygen atoms in total. The van der Waals surface area contributed by atoms with Crippen molar-refractivity contribution in [2.45, 2.75) is 18.6 Å². The molecule has 0 spiro atoms. The minimum Gasteiger partial charge on any atom is -0.497 e. The zero-order chi connectivity index (χ0) is 13.2. The maximum atomic E-state index is 13.4. The summed E-state index contributed by atoms with van der Waals surface area (Å²) in [4.78, 5) is 0. The molecule has 0 aromatic heterocycles. The van der Waals surface area contributed by atoms with E-state index in [1.54, 1.807) is 0 Å². The summed E-state index contributed by atoms with van der Waals surface area (Å²) in [6.07, 6.45) is -6.08. The monoisotopic (exact) mass is 255 g/mol. The molecule has 0 saturated carbocycles. The van der Waals surface area contributed by atoms with Gasteiger partial charge < -0.3 is 10.5 Å². The molecule has 1 aromatic carbocycles. The lowest BCUT2D eigenvalue weighted by molar-refractivity contribution is -0.138. The van der Waals surface area contributed by atoms with Gasteiger partial charge in [0.2, 0.25) is 0 Å². The normalized spacial score (nSPS) is 13.6. The predicted molar refractivity (Wildman–Crippen MR) is 50.5 cm³/mol. The van der Waals surface area contributed by atoms with E-state index in [1.165, 1.54) is 7.11 Å². The van der Waals surface area contributed by atoms with Crippen LogP contribution in [0, 0.1) is 11.6 Å². The third kappa shape index (κ3) is 3.55. The van der Waals surface area contributed by atoms with Crippen molar-refractivity contribution < 1.29 is 26.7 Å². The van der Waals surface area contributed by atoms with Crippen LogP contribution in [-0.2, 0) is 0 Å². The summed E-state index contributed by atoms with van der Waals surface area (Å²) in [5.41, 5.74) is 4.34. The largest absolute Gasteiger partial charge is 0.497 e. The van der Waals surface area contributed by atoms with E-state index in [1.807, 2.05) is 0 Å². The van der Waals surface area contributed by atoms with Crippen LogP contribution in [0.5, 0.6) is 5.75 Å². The van der Waals surface area contributed by atoms with Crippen molar-refractivity contribution in [3.63, 3.8) is 0 Å². The second-order valence-corrected chi connectivity index (χ2v) is 3.43. The molecule has 0 bridgehead atoms. The van der Waals surface area contributed by atoms with E-state index in [9.17, 15) is 22.0 Å². The second-order valence-electron chi connectivity index (χ2n) is 3.43. The average Bonchev–Trinajstić information content (AvgIpc) is 2.13. The van der Waals surface area contributed by atoms with Gasteiger partial charge in [0.05, 0.1) is 13.5 Å². The topological polar surface area (TPSA) is 35.2 Å². The first-order valence-corrected chi connectivity index (χ1v) is 4.60. The summed E-state index contributed by atoms with van der Waals surface area (Å²) >= 11 is 0. The van der Waals surface area contributed by atoms with E-state index in [2.05, 4.69) is 4.74 Å². The van der Waals surface area contributed by atoms with E-state index in [0.717, 1.165) is 12.1 Å². The number of alkyl halides is 3. The number of hydrogen-bond acceptors (Lipinski definition) is 2. The first-order chi connectivity index (χ1) is 7.74. The van der Waals surface area contributed by atoms with Gasteiger partial charge in [-0.2, -0.15) is 13.2 Å². The lowest BCUT2D eigenvalue weighted by Gasteiger charge is -2.16. The molecule has 0 saturated heterocycles. The van der Waals surface area contributed by atoms with Crippen molar-refractivity contribution in [2.24, 2.45) is 5.73 Å². The molecule has 2 N–H and O–H groups in total. The predicted octanol–water partition coefficient (Wildman–Crippen LogP) is 2.93. The lowest BCUT2D eigenvalue weighted by Crippen LogP contribution is -2.22. The van der Waals surface area contributed by atoms with Gasteiger partial charge in [-0.25, -0.2) is 8.78 Å². The molecule has 7 heteroatoms. The zero-order valence-electron chi connectivity index (χ0n) is 8.81. The van der Waals surface area contributed by atoms with Crippen LogP contribution in [0.3, 0.4) is 0 Å². The van der Waals surface area contributed by atoms with Gasteiger partial charge in [-0.1, -0.05) is 0 Å². The van der Waals surface area contributed by atoms with Crippen LogP contribution in [0.15, 0.2) is 12.1 Å². The molecule has 0 fully saturated rings. The molecule has 0 amide bonds. The van der Waals surface area contributed by atoms with Gasteiger partial charge in [-0.3, -0.25) is 0 Å². The molecular weight excluding hydrogens is 245 g/mol. The Hall–Kier alpha value is -1.37. The summed E-state index contributed by atoms with van der Waals surface area (Å²) in [7, 11) is 1.18. The highest BCUT2D eigenvalue weighted by Crippen LogP contribution is 2.32. The lowest BCUT2D eigenvalue weighted by atomic mass is 10.0. The Labute approximate surface area is 94.2 Å². The number of methoxy groups -OCH3 is 1. The van der Waals surface area contributed by atoms with Crippen molar-refractivity contribution in [1.82, 2.24) is 0 Å². The van der Waals surface area contributed by atoms with Gasteiger partial charge in [0.25, 0.3) is 0 Å². The van der Waals surface area contributed by atoms with E-state index in [0.29, 0.717) is 0 Å². The van der Waals surface area contributed by atoms with Crippen LogP contribution in [0.1, 0.15) is 18.0 Å². The quantitative estimate of drug-likeness (QED) is 0.843. The second kappa shape index (κ2) is 4.87. The van der Waals surface area contributed by atoms with E-state index in [4.69, 9.17) is 5.73 Å². The first kappa shape index (κ1) is 13.7. The SMILES string of the molecule is COc1cc(F)c([C@H](N)CC(F)(F)F)c(F)c1. The molecule has 0 aliphatic carbocycles. The van der Waals surface area contributed by atoms with E-state index >= 15 is 0 Å². The number of nitrogens with two attached hydrogens (primary N) is 1. The molecule has 17 heavy (non-hydrogen) atoms. The number of rotatable bonds is 3. The Morgan fingerprint density at radius 1 is 1.24 bits per heavy atom. The van der Waals surface area contributed by atoms with Crippen LogP contribution in [0.25, 0.3) is 0 Å². The Morgan fingerprint density at radius 2 is 1.71 bits per heavy atom. The van der Waals surface area contributed by atoms with Gasteiger partial charge in [-0.15, -0.1) is 0 Å². The molecule has 0 aliphatic rings. The summed E-state index contributed by atoms with van der Waals surface area (Å²) in [5.74, 6) is -2.43. The highest BCUT2D eigenvalue weighted by Gasteiger charge is 2.33. The van der Waals surface area contributed by atoms with Gasteiger partial charge in [-0.05, 0) is 0 Å². The van der Waals surface area contributed by atoms with Crippen molar-refractivity contribution in [1.29, 1.82) is 0 Å². The van der Waals surface area contributed by atoms with Crippen molar-refractivity contribution in [3.8, 4) is 5.75 Å². The summed E-state index contributed by atoms with van der Waals surface area (Å²) in [6.45, 7) is 0. The maximum absolute atomic E-state index is 13.4. The van der Waals surface area contributed by atoms with Crippen molar-refractivity contribution in [3.05, 3.63) is 29.3 Å². The molecule has 0 radical (unpaired) electrons. The molecule has 0 aliphatic heterocycles. The number of halogens is 5. The number of hydrogen-bond donors (Lipinski definition) is 1. The number of benzene rings is 1. The Bertz CT molecular complexity index is 381. The Kier molecular flexibility index (Phi) is 3.92. The zero-order valence-corrected chi connectivity index (χ0v) is 8.81. The van der Waals surface area contributed by atoms with Gasteiger partial charge in [0.15, 0.2) is 0 Å². The number of ether oxygens (including phenoxy) is 1. The third-order valence-corrected chi connectivity index (χ3v) is 2.11. The van der Waals surface area contributed by atoms with E-state index in [-0.39, 0.29) is 5.75 Å². The molecule has 0 heterocycles. The Morgan fingerprint density at radius 3 is 2.06 bits per heavy atom. The highest BCUT2D eigenvalue weighted by atomic mass is 19.4. The Balaban J connectivity index is 3.06. The molecular formula is C10H10F5NO. The fraction of sp³-hybridized carbons (Fsp3) is 0.400. The average molecular weight is 255 g/mol. The smallest absolute Gasteiger partial charge is 0.390 e. The fourth-order valence-electron chi connectivity index (χ4n) is 1.38. The minimum atomic E-state index is -4.59. The highest BCUT2D eigenvalue weighted by molar-refractivity contribution is 5.32. The van der Waals surface area contributed by atoms with Crippen LogP contribution in [0.2, 0.25) is 0 Å². The minimum absolute atomic E-state index is 0.122. The summed E-state index contributed by atoms with van der Waals surface area (Å²) in [6, 6.07) is -0.204. The van der Waals surface area contributed by atoms with Crippen LogP contribution in [0.4, 0.5) is 22.0 Å². The van der Waals surface area contributed by atoms with Gasteiger partial charge in [0, 0.05) is 23.7 Å². The fourth-order valence-corrected chi connectivity index (χ4v) is 1.38. The van der Waals surface area contributed by atoms with Crippen molar-refractivity contribution >= 4 is 0 Å². The third-order valence-electron chi connectivity index (χ3n) is 2.11. The molecule has 0 unspecified atom stereocenters. The first-order valence-electron chi connectivity index (χ1n) is 4.60. The summed E-state index contributed by atoms with van der Waals surface area (Å²) in [5, 5.41) is 0. The van der Waals surface area contributed by atoms with Gasteiger partial charge >= 0.3 is 6.18 Å². The standard InChI is InChI=1S/C10H10F5NO/c1-17-5-2-6(11)9(7(12)3-5)8(16)4-10(13,14)15/h2-3,8H,4,16H2,1H3/t8-/m1/s1. The summed E-state index contributed by atoms with van der Waals surface area (Å²) < 4.78 is 67.4.